The number of carbonyl (C=O) groups is 3. The summed E-state index contributed by atoms with van der Waals surface area (Å²) in [5.74, 6) is -0.792. The van der Waals surface area contributed by atoms with Gasteiger partial charge in [-0.25, -0.2) is 9.88 Å². The highest BCUT2D eigenvalue weighted by atomic mass is 16.5. The molecule has 0 unspecified atom stereocenters. The molecule has 158 valence electrons. The minimum atomic E-state index is -0.411. The Kier molecular flexibility index (Phi) is 5.42. The lowest BCUT2D eigenvalue weighted by Crippen LogP contribution is -2.44. The van der Waals surface area contributed by atoms with E-state index in [4.69, 9.17) is 4.74 Å². The number of hydrogen-bond donors (Lipinski definition) is 1. The molecule has 0 saturated heterocycles. The molecular weight excluding hydrogens is 394 g/mol. The van der Waals surface area contributed by atoms with Gasteiger partial charge in [0, 0.05) is 17.0 Å². The van der Waals surface area contributed by atoms with E-state index in [1.54, 1.807) is 37.3 Å². The summed E-state index contributed by atoms with van der Waals surface area (Å²) in [6, 6.07) is 14.3. The molecule has 31 heavy (non-hydrogen) atoms. The minimum Gasteiger partial charge on any atom is -0.470 e. The number of nitrogens with zero attached hydrogens (tertiary/aromatic N) is 2. The Morgan fingerprint density at radius 1 is 1.13 bits per heavy atom. The van der Waals surface area contributed by atoms with Gasteiger partial charge < -0.3 is 10.1 Å². The van der Waals surface area contributed by atoms with Gasteiger partial charge in [-0.05, 0) is 38.5 Å². The van der Waals surface area contributed by atoms with Crippen LogP contribution in [-0.4, -0.2) is 40.4 Å². The summed E-state index contributed by atoms with van der Waals surface area (Å²) in [5, 5.41) is 3.53. The van der Waals surface area contributed by atoms with Crippen molar-refractivity contribution in [2.24, 2.45) is 0 Å². The highest BCUT2D eigenvalue weighted by Gasteiger charge is 2.32. The molecule has 1 aliphatic rings. The number of rotatable bonds is 5. The van der Waals surface area contributed by atoms with Gasteiger partial charge in [-0.3, -0.25) is 14.4 Å². The molecule has 0 fully saturated rings. The third-order valence-corrected chi connectivity index (χ3v) is 5.14. The van der Waals surface area contributed by atoms with Crippen LogP contribution < -0.4 is 10.1 Å². The molecule has 1 aromatic heterocycles. The molecule has 1 aliphatic heterocycles. The van der Waals surface area contributed by atoms with E-state index in [0.717, 1.165) is 4.90 Å². The predicted molar refractivity (Wildman–Crippen MR) is 116 cm³/mol. The van der Waals surface area contributed by atoms with Gasteiger partial charge in [0.2, 0.25) is 5.91 Å². The molecule has 0 radical (unpaired) electrons. The van der Waals surface area contributed by atoms with Crippen molar-refractivity contribution in [3.8, 4) is 5.75 Å². The summed E-state index contributed by atoms with van der Waals surface area (Å²) in [6.45, 7) is 5.19. The van der Waals surface area contributed by atoms with E-state index in [9.17, 15) is 14.4 Å². The highest BCUT2D eigenvalue weighted by molar-refractivity contribution is 6.10. The molecule has 2 heterocycles. The maximum atomic E-state index is 13.0. The third kappa shape index (κ3) is 3.86. The Morgan fingerprint density at radius 2 is 1.84 bits per heavy atom. The Labute approximate surface area is 180 Å². The van der Waals surface area contributed by atoms with E-state index in [-0.39, 0.29) is 36.8 Å². The fraction of sp³-hybridized carbons (Fsp3) is 0.250. The van der Waals surface area contributed by atoms with Gasteiger partial charge in [-0.2, -0.15) is 0 Å². The second-order valence-corrected chi connectivity index (χ2v) is 7.78. The Morgan fingerprint density at radius 3 is 2.61 bits per heavy atom. The Hall–Kier alpha value is -3.74. The average Bonchev–Trinajstić information content (AvgIpc) is 2.73. The fourth-order valence-corrected chi connectivity index (χ4v) is 3.71. The Balaban J connectivity index is 1.70. The number of para-hydroxylation sites is 1. The number of ether oxygens (including phenoxy) is 1. The molecule has 7 heteroatoms. The number of benzene rings is 2. The van der Waals surface area contributed by atoms with Gasteiger partial charge in [-0.15, -0.1) is 0 Å². The number of carbonyl (C=O) groups excluding carboxylic acids is 3. The normalized spacial score (nSPS) is 13.5. The van der Waals surface area contributed by atoms with Crippen molar-refractivity contribution in [1.82, 2.24) is 15.2 Å². The standard InChI is InChI=1S/C24H23N3O4/c1-14(2)25-23(29)21-18-10-6-7-11-19(18)26-15(3)22(21)31-13-27-20(28)12-16-8-4-5-9-17(16)24(27)30/h4-11,14H,12-13H2,1-3H3,(H,25,29). The summed E-state index contributed by atoms with van der Waals surface area (Å²) in [4.78, 5) is 44.1. The van der Waals surface area contributed by atoms with Crippen molar-refractivity contribution >= 4 is 28.6 Å². The van der Waals surface area contributed by atoms with Crippen molar-refractivity contribution in [1.29, 1.82) is 0 Å². The molecule has 1 N–H and O–H groups in total. The average molecular weight is 417 g/mol. The summed E-state index contributed by atoms with van der Waals surface area (Å²) >= 11 is 0. The van der Waals surface area contributed by atoms with Gasteiger partial charge in [-0.1, -0.05) is 36.4 Å². The van der Waals surface area contributed by atoms with Crippen molar-refractivity contribution in [3.63, 3.8) is 0 Å². The van der Waals surface area contributed by atoms with Crippen molar-refractivity contribution in [2.75, 3.05) is 6.73 Å². The predicted octanol–water partition coefficient (Wildman–Crippen LogP) is 3.24. The lowest BCUT2D eigenvalue weighted by molar-refractivity contribution is -0.130. The van der Waals surface area contributed by atoms with Crippen LogP contribution >= 0.6 is 0 Å². The summed E-state index contributed by atoms with van der Waals surface area (Å²) in [6.07, 6.45) is 0.126. The summed E-state index contributed by atoms with van der Waals surface area (Å²) in [5.41, 5.74) is 2.70. The van der Waals surface area contributed by atoms with Crippen LogP contribution in [0.1, 0.15) is 45.8 Å². The maximum Gasteiger partial charge on any atom is 0.263 e. The molecular formula is C24H23N3O4. The topological polar surface area (TPSA) is 88.6 Å². The Bertz CT molecular complexity index is 1200. The monoisotopic (exact) mass is 417 g/mol. The SMILES string of the molecule is Cc1nc2ccccc2c(C(=O)NC(C)C)c1OCN1C(=O)Cc2ccccc2C1=O. The van der Waals surface area contributed by atoms with Gasteiger partial charge in [0.15, 0.2) is 12.5 Å². The van der Waals surface area contributed by atoms with Crippen LogP contribution in [0.25, 0.3) is 10.9 Å². The quantitative estimate of drug-likeness (QED) is 0.644. The molecule has 3 aromatic rings. The minimum absolute atomic E-state index is 0.0747. The largest absolute Gasteiger partial charge is 0.470 e. The second-order valence-electron chi connectivity index (χ2n) is 7.78. The lowest BCUT2D eigenvalue weighted by atomic mass is 9.99. The van der Waals surface area contributed by atoms with Crippen LogP contribution in [0, 0.1) is 6.92 Å². The molecule has 2 aromatic carbocycles. The number of aromatic nitrogens is 1. The molecule has 3 amide bonds. The van der Waals surface area contributed by atoms with Crippen LogP contribution in [0.4, 0.5) is 0 Å². The van der Waals surface area contributed by atoms with Gasteiger partial charge >= 0.3 is 0 Å². The van der Waals surface area contributed by atoms with E-state index < -0.39 is 5.91 Å². The first-order valence-corrected chi connectivity index (χ1v) is 10.1. The zero-order valence-electron chi connectivity index (χ0n) is 17.6. The molecule has 0 spiro atoms. The first kappa shape index (κ1) is 20.5. The van der Waals surface area contributed by atoms with Gasteiger partial charge in [0.1, 0.15) is 0 Å². The number of fused-ring (bicyclic) bond motifs is 2. The van der Waals surface area contributed by atoms with Crippen molar-refractivity contribution in [2.45, 2.75) is 33.2 Å². The zero-order valence-corrected chi connectivity index (χ0v) is 17.6. The number of amides is 3. The first-order chi connectivity index (χ1) is 14.9. The van der Waals surface area contributed by atoms with Crippen molar-refractivity contribution < 1.29 is 19.1 Å². The number of aryl methyl sites for hydroxylation is 1. The van der Waals surface area contributed by atoms with E-state index in [2.05, 4.69) is 10.3 Å². The van der Waals surface area contributed by atoms with E-state index in [1.165, 1.54) is 0 Å². The van der Waals surface area contributed by atoms with E-state index in [0.29, 0.717) is 33.3 Å². The zero-order chi connectivity index (χ0) is 22.1. The highest BCUT2D eigenvalue weighted by Crippen LogP contribution is 2.30. The number of nitrogens with one attached hydrogen (secondary N) is 1. The lowest BCUT2D eigenvalue weighted by Gasteiger charge is -2.27. The van der Waals surface area contributed by atoms with Crippen LogP contribution in [0.2, 0.25) is 0 Å². The van der Waals surface area contributed by atoms with E-state index >= 15 is 0 Å². The van der Waals surface area contributed by atoms with Gasteiger partial charge in [0.05, 0.1) is 23.2 Å². The van der Waals surface area contributed by atoms with Crippen molar-refractivity contribution in [3.05, 3.63) is 70.9 Å². The molecule has 0 atom stereocenters. The van der Waals surface area contributed by atoms with Crippen LogP contribution in [-0.2, 0) is 11.2 Å². The number of pyridine rings is 1. The molecule has 0 saturated carbocycles. The molecule has 0 bridgehead atoms. The van der Waals surface area contributed by atoms with Crippen LogP contribution in [0.3, 0.4) is 0 Å². The van der Waals surface area contributed by atoms with Crippen LogP contribution in [0.5, 0.6) is 5.75 Å². The molecule has 4 rings (SSSR count). The molecule has 0 aliphatic carbocycles. The maximum absolute atomic E-state index is 13.0. The second kappa shape index (κ2) is 8.18. The van der Waals surface area contributed by atoms with Crippen LogP contribution in [0.15, 0.2) is 48.5 Å². The fourth-order valence-electron chi connectivity index (χ4n) is 3.71. The summed E-state index contributed by atoms with van der Waals surface area (Å²) in [7, 11) is 0. The molecule has 7 nitrogen and oxygen atoms in total. The summed E-state index contributed by atoms with van der Waals surface area (Å²) < 4.78 is 5.94. The van der Waals surface area contributed by atoms with E-state index in [1.807, 2.05) is 32.0 Å². The van der Waals surface area contributed by atoms with Gasteiger partial charge in [0.25, 0.3) is 11.8 Å². The smallest absolute Gasteiger partial charge is 0.263 e. The number of imide groups is 1. The first-order valence-electron chi connectivity index (χ1n) is 10.1. The number of hydrogen-bond acceptors (Lipinski definition) is 5. The third-order valence-electron chi connectivity index (χ3n) is 5.14.